The van der Waals surface area contributed by atoms with Gasteiger partial charge in [0.25, 0.3) is 0 Å². The minimum Gasteiger partial charge on any atom is -0.497 e. The van der Waals surface area contributed by atoms with Gasteiger partial charge in [0.1, 0.15) is 23.8 Å². The molecular formula is C23H25FNO4+. The molecule has 0 fully saturated rings. The summed E-state index contributed by atoms with van der Waals surface area (Å²) < 4.78 is 37.9. The van der Waals surface area contributed by atoms with Crippen molar-refractivity contribution in [2.75, 3.05) is 34.1 Å². The fourth-order valence-corrected chi connectivity index (χ4v) is 5.14. The number of hydrogen-bond donors (Lipinski definition) is 0. The molecule has 0 aliphatic carbocycles. The topological polar surface area (TPSA) is 36.9 Å². The van der Waals surface area contributed by atoms with Crippen LogP contribution in [-0.4, -0.2) is 38.6 Å². The van der Waals surface area contributed by atoms with Gasteiger partial charge in [-0.2, -0.15) is 0 Å². The fourth-order valence-electron chi connectivity index (χ4n) is 5.14. The van der Waals surface area contributed by atoms with Crippen molar-refractivity contribution in [3.63, 3.8) is 0 Å². The summed E-state index contributed by atoms with van der Waals surface area (Å²) in [5.41, 5.74) is 4.09. The largest absolute Gasteiger partial charge is 0.497 e. The van der Waals surface area contributed by atoms with Gasteiger partial charge in [-0.15, -0.1) is 0 Å². The molecule has 5 rings (SSSR count). The Morgan fingerprint density at radius 1 is 1.17 bits per heavy atom. The number of quaternary nitrogens is 1. The number of likely N-dealkylation sites (N-methyl/N-ethyl adjacent to an activating group) is 1. The SMILES string of the molecule is CC[N+]12C=C(c3ccc(OC)cc3F)CC1c1c(cc3c(c1OC)OCO3)CC2. The first-order chi connectivity index (χ1) is 14.1. The van der Waals surface area contributed by atoms with Crippen molar-refractivity contribution in [3.05, 3.63) is 53.0 Å². The molecule has 0 bridgehead atoms. The molecule has 6 heteroatoms. The summed E-state index contributed by atoms with van der Waals surface area (Å²) in [4.78, 5) is 0. The fraction of sp³-hybridized carbons (Fsp3) is 0.391. The molecule has 2 unspecified atom stereocenters. The molecule has 0 aromatic heterocycles. The summed E-state index contributed by atoms with van der Waals surface area (Å²) >= 11 is 0. The van der Waals surface area contributed by atoms with E-state index in [4.69, 9.17) is 18.9 Å². The number of methoxy groups -OCH3 is 2. The molecule has 0 saturated heterocycles. The lowest BCUT2D eigenvalue weighted by Crippen LogP contribution is -2.47. The Morgan fingerprint density at radius 3 is 2.76 bits per heavy atom. The van der Waals surface area contributed by atoms with Gasteiger partial charge >= 0.3 is 0 Å². The van der Waals surface area contributed by atoms with Gasteiger partial charge in [0, 0.05) is 30.0 Å². The standard InChI is InChI=1S/C23H25FNO4/c1-4-25-8-7-14-10-20-22(29-13-28-20)23(27-3)21(14)19(25)9-15(12-25)17-6-5-16(26-2)11-18(17)24/h5-6,10-12,19H,4,7-9,13H2,1-3H3/q+1. The highest BCUT2D eigenvalue weighted by Crippen LogP contribution is 2.56. The second-order valence-corrected chi connectivity index (χ2v) is 7.83. The van der Waals surface area contributed by atoms with E-state index in [1.54, 1.807) is 14.2 Å². The summed E-state index contributed by atoms with van der Waals surface area (Å²) in [6, 6.07) is 7.36. The normalized spacial score (nSPS) is 24.0. The third-order valence-electron chi connectivity index (χ3n) is 6.64. The van der Waals surface area contributed by atoms with Crippen LogP contribution in [0.25, 0.3) is 5.57 Å². The number of halogens is 1. The first-order valence-corrected chi connectivity index (χ1v) is 10.0. The zero-order chi connectivity index (χ0) is 20.2. The molecule has 152 valence electrons. The Morgan fingerprint density at radius 2 is 2.03 bits per heavy atom. The molecule has 0 N–H and O–H groups in total. The maximum atomic E-state index is 14.8. The van der Waals surface area contributed by atoms with Crippen LogP contribution in [0.5, 0.6) is 23.0 Å². The third kappa shape index (κ3) is 2.62. The lowest BCUT2D eigenvalue weighted by molar-refractivity contribution is -0.904. The zero-order valence-electron chi connectivity index (χ0n) is 17.0. The maximum absolute atomic E-state index is 14.8. The number of fused-ring (bicyclic) bond motifs is 4. The molecule has 3 aliphatic rings. The minimum atomic E-state index is -0.248. The van der Waals surface area contributed by atoms with Gasteiger partial charge < -0.3 is 18.9 Å². The smallest absolute Gasteiger partial charge is 0.231 e. The van der Waals surface area contributed by atoms with Crippen molar-refractivity contribution in [2.24, 2.45) is 0 Å². The number of ether oxygens (including phenoxy) is 4. The van der Waals surface area contributed by atoms with Crippen molar-refractivity contribution < 1.29 is 27.8 Å². The van der Waals surface area contributed by atoms with Gasteiger partial charge in [0.15, 0.2) is 11.5 Å². The van der Waals surface area contributed by atoms with E-state index in [-0.39, 0.29) is 18.7 Å². The van der Waals surface area contributed by atoms with Crippen LogP contribution in [-0.2, 0) is 6.42 Å². The highest BCUT2D eigenvalue weighted by atomic mass is 19.1. The quantitative estimate of drug-likeness (QED) is 0.713. The first-order valence-electron chi connectivity index (χ1n) is 10.0. The summed E-state index contributed by atoms with van der Waals surface area (Å²) in [6.07, 6.45) is 3.92. The lowest BCUT2D eigenvalue weighted by atomic mass is 9.87. The average Bonchev–Trinajstić information content (AvgIpc) is 3.36. The van der Waals surface area contributed by atoms with Gasteiger partial charge in [0.2, 0.25) is 12.5 Å². The predicted molar refractivity (Wildman–Crippen MR) is 107 cm³/mol. The molecule has 3 heterocycles. The minimum absolute atomic E-state index is 0.171. The third-order valence-corrected chi connectivity index (χ3v) is 6.64. The Balaban J connectivity index is 1.62. The molecule has 5 nitrogen and oxygen atoms in total. The van der Waals surface area contributed by atoms with Crippen LogP contribution in [0.2, 0.25) is 0 Å². The number of rotatable bonds is 4. The number of benzene rings is 2. The summed E-state index contributed by atoms with van der Waals surface area (Å²) in [7, 11) is 3.23. The molecule has 0 amide bonds. The average molecular weight is 398 g/mol. The Kier molecular flexibility index (Phi) is 4.21. The Bertz CT molecular complexity index is 1020. The van der Waals surface area contributed by atoms with Crippen LogP contribution in [0, 0.1) is 5.82 Å². The van der Waals surface area contributed by atoms with Crippen LogP contribution in [0.4, 0.5) is 4.39 Å². The lowest BCUT2D eigenvalue weighted by Gasteiger charge is -2.42. The van der Waals surface area contributed by atoms with Crippen molar-refractivity contribution >= 4 is 5.57 Å². The van der Waals surface area contributed by atoms with E-state index in [1.807, 2.05) is 12.1 Å². The van der Waals surface area contributed by atoms with E-state index in [0.717, 1.165) is 47.5 Å². The molecular weight excluding hydrogens is 373 g/mol. The summed E-state index contributed by atoms with van der Waals surface area (Å²) in [5.74, 6) is 2.49. The second-order valence-electron chi connectivity index (χ2n) is 7.83. The monoisotopic (exact) mass is 398 g/mol. The molecule has 0 spiro atoms. The molecule has 0 saturated carbocycles. The highest BCUT2D eigenvalue weighted by molar-refractivity contribution is 5.70. The van der Waals surface area contributed by atoms with E-state index in [1.165, 1.54) is 17.2 Å². The summed E-state index contributed by atoms with van der Waals surface area (Å²) in [6.45, 7) is 4.32. The van der Waals surface area contributed by atoms with Gasteiger partial charge in [-0.05, 0) is 30.7 Å². The predicted octanol–water partition coefficient (Wildman–Crippen LogP) is 4.45. The van der Waals surface area contributed by atoms with Crippen LogP contribution in [0.15, 0.2) is 30.5 Å². The first kappa shape index (κ1) is 18.3. The van der Waals surface area contributed by atoms with Crippen LogP contribution in [0.3, 0.4) is 0 Å². The van der Waals surface area contributed by atoms with E-state index in [2.05, 4.69) is 19.2 Å². The van der Waals surface area contributed by atoms with E-state index in [0.29, 0.717) is 17.1 Å². The van der Waals surface area contributed by atoms with Crippen LogP contribution < -0.4 is 18.9 Å². The maximum Gasteiger partial charge on any atom is 0.231 e. The second kappa shape index (κ2) is 6.66. The van der Waals surface area contributed by atoms with Crippen molar-refractivity contribution in [1.82, 2.24) is 0 Å². The molecule has 29 heavy (non-hydrogen) atoms. The Hall–Kier alpha value is -2.73. The molecule has 3 aliphatic heterocycles. The highest BCUT2D eigenvalue weighted by Gasteiger charge is 2.48. The van der Waals surface area contributed by atoms with E-state index in [9.17, 15) is 4.39 Å². The number of nitrogens with zero attached hydrogens (tertiary/aromatic N) is 1. The molecule has 0 radical (unpaired) electrons. The summed E-state index contributed by atoms with van der Waals surface area (Å²) in [5, 5.41) is 0. The van der Waals surface area contributed by atoms with Gasteiger partial charge in [-0.25, -0.2) is 4.39 Å². The van der Waals surface area contributed by atoms with Crippen LogP contribution in [0.1, 0.15) is 36.1 Å². The molecule has 2 aromatic carbocycles. The number of hydrogen-bond acceptors (Lipinski definition) is 4. The van der Waals surface area contributed by atoms with Gasteiger partial charge in [0.05, 0.1) is 32.9 Å². The Labute approximate surface area is 169 Å². The van der Waals surface area contributed by atoms with Crippen molar-refractivity contribution in [1.29, 1.82) is 0 Å². The van der Waals surface area contributed by atoms with Crippen molar-refractivity contribution in [2.45, 2.75) is 25.8 Å². The van der Waals surface area contributed by atoms with E-state index >= 15 is 0 Å². The molecule has 2 aromatic rings. The molecule has 2 atom stereocenters. The zero-order valence-corrected chi connectivity index (χ0v) is 17.0. The van der Waals surface area contributed by atoms with Crippen molar-refractivity contribution in [3.8, 4) is 23.0 Å². The van der Waals surface area contributed by atoms with Crippen LogP contribution >= 0.6 is 0 Å². The van der Waals surface area contributed by atoms with Gasteiger partial charge in [-0.3, -0.25) is 4.48 Å². The van der Waals surface area contributed by atoms with Gasteiger partial charge in [-0.1, -0.05) is 0 Å². The van der Waals surface area contributed by atoms with E-state index < -0.39 is 0 Å².